The lowest BCUT2D eigenvalue weighted by Crippen LogP contribution is -2.53. The van der Waals surface area contributed by atoms with E-state index in [1.807, 2.05) is 18.3 Å². The summed E-state index contributed by atoms with van der Waals surface area (Å²) in [7, 11) is 1.69. The second-order valence-corrected chi connectivity index (χ2v) is 11.7. The maximum atomic E-state index is 13.0. The SMILES string of the molecule is COc1cc2c(cc1-c1ccc(OCC3CC3)nc1)CC(C)(C)C2NC(=O)O[C@@H]1CN2CCC1CC2. The van der Waals surface area contributed by atoms with E-state index in [9.17, 15) is 4.79 Å². The van der Waals surface area contributed by atoms with Gasteiger partial charge in [-0.05, 0) is 91.8 Å². The van der Waals surface area contributed by atoms with Crippen molar-refractivity contribution in [3.05, 3.63) is 41.6 Å². The molecule has 5 aliphatic rings. The van der Waals surface area contributed by atoms with E-state index in [1.165, 1.54) is 18.4 Å². The number of benzene rings is 1. The Kier molecular flexibility index (Phi) is 6.06. The number of hydrogen-bond donors (Lipinski definition) is 1. The summed E-state index contributed by atoms with van der Waals surface area (Å²) in [6.07, 6.45) is 7.16. The van der Waals surface area contributed by atoms with Crippen molar-refractivity contribution in [2.24, 2.45) is 17.3 Å². The number of alkyl carbamates (subject to hydrolysis) is 1. The van der Waals surface area contributed by atoms with Gasteiger partial charge in [0.25, 0.3) is 0 Å². The van der Waals surface area contributed by atoms with Gasteiger partial charge < -0.3 is 19.5 Å². The second-order valence-electron chi connectivity index (χ2n) is 11.7. The van der Waals surface area contributed by atoms with Gasteiger partial charge in [-0.15, -0.1) is 0 Å². The molecule has 0 spiro atoms. The van der Waals surface area contributed by atoms with E-state index < -0.39 is 0 Å². The molecule has 2 bridgehead atoms. The highest BCUT2D eigenvalue weighted by molar-refractivity contribution is 5.74. The number of ether oxygens (including phenoxy) is 3. The Morgan fingerprint density at radius 2 is 1.97 bits per heavy atom. The largest absolute Gasteiger partial charge is 0.496 e. The average molecular weight is 492 g/mol. The van der Waals surface area contributed by atoms with E-state index in [1.54, 1.807) is 7.11 Å². The molecule has 7 nitrogen and oxygen atoms in total. The number of methoxy groups -OCH3 is 1. The van der Waals surface area contributed by atoms with Crippen LogP contribution in [0.2, 0.25) is 0 Å². The Balaban J connectivity index is 1.20. The van der Waals surface area contributed by atoms with Gasteiger partial charge in [0.2, 0.25) is 5.88 Å². The Morgan fingerprint density at radius 3 is 2.61 bits per heavy atom. The molecular weight excluding hydrogens is 454 g/mol. The number of aromatic nitrogens is 1. The third kappa shape index (κ3) is 4.65. The topological polar surface area (TPSA) is 72.9 Å². The molecule has 1 unspecified atom stereocenters. The van der Waals surface area contributed by atoms with Crippen LogP contribution in [0.1, 0.15) is 56.7 Å². The van der Waals surface area contributed by atoms with E-state index >= 15 is 0 Å². The zero-order valence-corrected chi connectivity index (χ0v) is 21.6. The van der Waals surface area contributed by atoms with Crippen molar-refractivity contribution in [1.29, 1.82) is 0 Å². The van der Waals surface area contributed by atoms with Crippen molar-refractivity contribution < 1.29 is 19.0 Å². The van der Waals surface area contributed by atoms with Gasteiger partial charge in [0.05, 0.1) is 19.8 Å². The van der Waals surface area contributed by atoms with Gasteiger partial charge in [0.15, 0.2) is 0 Å². The molecule has 1 saturated carbocycles. The lowest BCUT2D eigenvalue weighted by molar-refractivity contribution is -0.0349. The van der Waals surface area contributed by atoms with Crippen LogP contribution < -0.4 is 14.8 Å². The third-order valence-electron chi connectivity index (χ3n) is 8.53. The van der Waals surface area contributed by atoms with Gasteiger partial charge in [0, 0.05) is 29.9 Å². The van der Waals surface area contributed by atoms with Gasteiger partial charge in [-0.25, -0.2) is 9.78 Å². The smallest absolute Gasteiger partial charge is 0.407 e. The Hall–Kier alpha value is -2.80. The minimum Gasteiger partial charge on any atom is -0.496 e. The summed E-state index contributed by atoms with van der Waals surface area (Å²) in [6.45, 7) is 8.27. The van der Waals surface area contributed by atoms with Gasteiger partial charge in [-0.3, -0.25) is 4.90 Å². The number of nitrogens with one attached hydrogen (secondary N) is 1. The zero-order valence-electron chi connectivity index (χ0n) is 21.6. The number of hydrogen-bond acceptors (Lipinski definition) is 6. The number of nitrogens with zero attached hydrogens (tertiary/aromatic N) is 2. The number of pyridine rings is 1. The Morgan fingerprint density at radius 1 is 1.17 bits per heavy atom. The minimum absolute atomic E-state index is 0.00266. The molecule has 2 aliphatic carbocycles. The van der Waals surface area contributed by atoms with Crippen molar-refractivity contribution in [1.82, 2.24) is 15.2 Å². The first-order valence-electron chi connectivity index (χ1n) is 13.4. The van der Waals surface area contributed by atoms with E-state index in [0.29, 0.717) is 17.7 Å². The van der Waals surface area contributed by atoms with Crippen LogP contribution in [0.4, 0.5) is 4.79 Å². The number of carbonyl (C=O) groups excluding carboxylic acids is 1. The first-order valence-corrected chi connectivity index (χ1v) is 13.4. The van der Waals surface area contributed by atoms with E-state index in [2.05, 4.69) is 41.2 Å². The maximum absolute atomic E-state index is 13.0. The van der Waals surface area contributed by atoms with Crippen LogP contribution >= 0.6 is 0 Å². The third-order valence-corrected chi connectivity index (χ3v) is 8.53. The number of fused-ring (bicyclic) bond motifs is 4. The highest BCUT2D eigenvalue weighted by Crippen LogP contribution is 2.48. The molecule has 36 heavy (non-hydrogen) atoms. The summed E-state index contributed by atoms with van der Waals surface area (Å²) < 4.78 is 17.6. The molecular formula is C29H37N3O4. The van der Waals surface area contributed by atoms with Crippen molar-refractivity contribution in [3.63, 3.8) is 0 Å². The number of piperidine rings is 3. The predicted molar refractivity (Wildman–Crippen MR) is 137 cm³/mol. The fourth-order valence-electron chi connectivity index (χ4n) is 6.19. The van der Waals surface area contributed by atoms with E-state index in [-0.39, 0.29) is 23.7 Å². The normalized spacial score (nSPS) is 27.9. The van der Waals surface area contributed by atoms with E-state index in [0.717, 1.165) is 67.9 Å². The molecule has 3 aliphatic heterocycles. The molecule has 4 heterocycles. The van der Waals surface area contributed by atoms with Crippen LogP contribution in [0, 0.1) is 17.3 Å². The summed E-state index contributed by atoms with van der Waals surface area (Å²) in [6, 6.07) is 8.11. The van der Waals surface area contributed by atoms with Crippen LogP contribution in [0.25, 0.3) is 11.1 Å². The molecule has 4 fully saturated rings. The number of carbonyl (C=O) groups is 1. The maximum Gasteiger partial charge on any atom is 0.407 e. The summed E-state index contributed by atoms with van der Waals surface area (Å²) in [5, 5.41) is 3.21. The molecule has 192 valence electrons. The van der Waals surface area contributed by atoms with Crippen LogP contribution in [0.3, 0.4) is 0 Å². The molecule has 2 atom stereocenters. The second kappa shape index (κ2) is 9.25. The zero-order chi connectivity index (χ0) is 24.9. The molecule has 0 radical (unpaired) electrons. The fraction of sp³-hybridized carbons (Fsp3) is 0.586. The van der Waals surface area contributed by atoms with Crippen LogP contribution in [-0.4, -0.2) is 55.4 Å². The molecule has 7 heteroatoms. The van der Waals surface area contributed by atoms with Crippen molar-refractivity contribution >= 4 is 6.09 Å². The Bertz CT molecular complexity index is 1120. The van der Waals surface area contributed by atoms with Crippen LogP contribution in [0.5, 0.6) is 11.6 Å². The summed E-state index contributed by atoms with van der Waals surface area (Å²) in [4.78, 5) is 19.9. The van der Waals surface area contributed by atoms with Crippen LogP contribution in [-0.2, 0) is 11.2 Å². The molecule has 7 rings (SSSR count). The molecule has 3 saturated heterocycles. The first-order chi connectivity index (χ1) is 17.4. The number of rotatable bonds is 7. The standard InChI is InChI=1S/C29H37N3O4/c1-29(2)14-21-12-22(20-6-7-26(30-15-20)35-17-18-4-5-18)24(34-3)13-23(21)27(29)31-28(33)36-25-16-32-10-8-19(25)9-11-32/h6-7,12-13,15,18-19,25,27H,4-5,8-11,14,16-17H2,1-3H3,(H,31,33)/t25-,27?/m1/s1. The molecule has 2 aromatic rings. The first kappa shape index (κ1) is 23.6. The van der Waals surface area contributed by atoms with Gasteiger partial charge >= 0.3 is 6.09 Å². The number of amides is 1. The minimum atomic E-state index is -0.311. The Labute approximate surface area is 213 Å². The summed E-state index contributed by atoms with van der Waals surface area (Å²) in [5.41, 5.74) is 4.17. The molecule has 1 N–H and O–H groups in total. The van der Waals surface area contributed by atoms with E-state index in [4.69, 9.17) is 14.2 Å². The molecule has 1 amide bonds. The van der Waals surface area contributed by atoms with Crippen molar-refractivity contribution in [3.8, 4) is 22.8 Å². The lowest BCUT2D eigenvalue weighted by atomic mass is 9.85. The predicted octanol–water partition coefficient (Wildman–Crippen LogP) is 4.99. The van der Waals surface area contributed by atoms with Crippen LogP contribution in [0.15, 0.2) is 30.5 Å². The monoisotopic (exact) mass is 491 g/mol. The van der Waals surface area contributed by atoms with Gasteiger partial charge in [-0.2, -0.15) is 0 Å². The molecule has 1 aromatic carbocycles. The highest BCUT2D eigenvalue weighted by atomic mass is 16.6. The van der Waals surface area contributed by atoms with Crippen molar-refractivity contribution in [2.75, 3.05) is 33.4 Å². The summed E-state index contributed by atoms with van der Waals surface area (Å²) >= 11 is 0. The fourth-order valence-corrected chi connectivity index (χ4v) is 6.19. The average Bonchev–Trinajstić information content (AvgIpc) is 3.68. The van der Waals surface area contributed by atoms with Gasteiger partial charge in [0.1, 0.15) is 11.9 Å². The summed E-state index contributed by atoms with van der Waals surface area (Å²) in [5.74, 6) is 2.63. The van der Waals surface area contributed by atoms with Gasteiger partial charge in [-0.1, -0.05) is 13.8 Å². The lowest BCUT2D eigenvalue weighted by Gasteiger charge is -2.44. The van der Waals surface area contributed by atoms with Crippen molar-refractivity contribution in [2.45, 2.75) is 58.1 Å². The highest BCUT2D eigenvalue weighted by Gasteiger charge is 2.42. The quantitative estimate of drug-likeness (QED) is 0.588. The molecule has 1 aromatic heterocycles.